The molecule has 1 fully saturated rings. The summed E-state index contributed by atoms with van der Waals surface area (Å²) in [6.45, 7) is 4.16. The molecule has 4 heterocycles. The topological polar surface area (TPSA) is 117 Å². The fourth-order valence-corrected chi connectivity index (χ4v) is 4.79. The fraction of sp³-hybridized carbons (Fsp3) is 0.292. The normalized spacial score (nSPS) is 13.7. The Bertz CT molecular complexity index is 1380. The second-order valence-corrected chi connectivity index (χ2v) is 9.04. The van der Waals surface area contributed by atoms with Gasteiger partial charge in [-0.05, 0) is 24.6 Å². The van der Waals surface area contributed by atoms with E-state index in [1.165, 1.54) is 18.0 Å². The van der Waals surface area contributed by atoms with E-state index in [1.807, 2.05) is 52.6 Å². The van der Waals surface area contributed by atoms with Crippen LogP contribution < -0.4 is 4.90 Å². The van der Waals surface area contributed by atoms with Gasteiger partial charge in [-0.15, -0.1) is 10.2 Å². The van der Waals surface area contributed by atoms with Crippen LogP contribution in [0.4, 0.5) is 5.88 Å². The number of aryl methyl sites for hydroxylation is 1. The molecule has 5 rings (SSSR count). The maximum Gasteiger partial charge on any atom is 0.266 e. The van der Waals surface area contributed by atoms with Gasteiger partial charge < -0.3 is 23.2 Å². The summed E-state index contributed by atoms with van der Waals surface area (Å²) in [7, 11) is 1.91. The number of aromatic nitrogens is 4. The number of nitriles is 1. The van der Waals surface area contributed by atoms with E-state index in [-0.39, 0.29) is 23.2 Å². The molecule has 1 saturated heterocycles. The predicted molar refractivity (Wildman–Crippen MR) is 130 cm³/mol. The molecule has 0 spiro atoms. The van der Waals surface area contributed by atoms with Gasteiger partial charge in [0.25, 0.3) is 5.89 Å². The zero-order valence-electron chi connectivity index (χ0n) is 19.3. The van der Waals surface area contributed by atoms with Gasteiger partial charge in [-0.3, -0.25) is 4.79 Å². The van der Waals surface area contributed by atoms with Gasteiger partial charge in [0.1, 0.15) is 6.07 Å². The van der Waals surface area contributed by atoms with Gasteiger partial charge in [0.05, 0.1) is 12.0 Å². The lowest BCUT2D eigenvalue weighted by atomic mass is 10.1. The Morgan fingerprint density at radius 2 is 1.94 bits per heavy atom. The van der Waals surface area contributed by atoms with Crippen molar-refractivity contribution in [2.45, 2.75) is 12.1 Å². The number of oxazole rings is 1. The van der Waals surface area contributed by atoms with E-state index in [0.717, 1.165) is 17.0 Å². The summed E-state index contributed by atoms with van der Waals surface area (Å²) in [5.41, 5.74) is 2.35. The zero-order valence-corrected chi connectivity index (χ0v) is 20.2. The minimum Gasteiger partial charge on any atom is -0.459 e. The molecule has 0 aliphatic carbocycles. The molecule has 0 bridgehead atoms. The molecular weight excluding hydrogens is 466 g/mol. The SMILES string of the molecule is Cc1ccccc1-c1nnc(SCC(=O)N2CCN(c3oc(-c4ccco4)nc3C#N)CC2)n1C. The number of anilines is 1. The highest BCUT2D eigenvalue weighted by molar-refractivity contribution is 7.99. The van der Waals surface area contributed by atoms with E-state index >= 15 is 0 Å². The Morgan fingerprint density at radius 3 is 2.66 bits per heavy atom. The number of hydrogen-bond acceptors (Lipinski definition) is 9. The van der Waals surface area contributed by atoms with Crippen molar-refractivity contribution in [1.29, 1.82) is 5.26 Å². The number of amides is 1. The fourth-order valence-electron chi connectivity index (χ4n) is 3.98. The number of furan rings is 1. The minimum absolute atomic E-state index is 0.0319. The average molecular weight is 490 g/mol. The maximum absolute atomic E-state index is 12.9. The van der Waals surface area contributed by atoms with E-state index in [1.54, 1.807) is 12.1 Å². The summed E-state index contributed by atoms with van der Waals surface area (Å²) >= 11 is 1.38. The lowest BCUT2D eigenvalue weighted by Crippen LogP contribution is -2.49. The number of piperazine rings is 1. The van der Waals surface area contributed by atoms with E-state index in [4.69, 9.17) is 8.83 Å². The molecule has 3 aromatic heterocycles. The van der Waals surface area contributed by atoms with E-state index in [0.29, 0.717) is 43.0 Å². The van der Waals surface area contributed by atoms with Gasteiger partial charge in [0.15, 0.2) is 16.7 Å². The van der Waals surface area contributed by atoms with Crippen molar-refractivity contribution in [2.75, 3.05) is 36.8 Å². The van der Waals surface area contributed by atoms with Crippen molar-refractivity contribution in [1.82, 2.24) is 24.6 Å². The lowest BCUT2D eigenvalue weighted by Gasteiger charge is -2.34. The molecule has 0 saturated carbocycles. The number of carbonyl (C=O) groups excluding carboxylic acids is 1. The smallest absolute Gasteiger partial charge is 0.266 e. The molecule has 0 N–H and O–H groups in total. The third-order valence-electron chi connectivity index (χ3n) is 5.91. The van der Waals surface area contributed by atoms with Crippen LogP contribution in [0.3, 0.4) is 0 Å². The van der Waals surface area contributed by atoms with E-state index in [2.05, 4.69) is 21.3 Å². The van der Waals surface area contributed by atoms with Crippen LogP contribution in [0.1, 0.15) is 11.3 Å². The summed E-state index contributed by atoms with van der Waals surface area (Å²) in [6, 6.07) is 13.6. The number of hydrogen-bond donors (Lipinski definition) is 0. The third-order valence-corrected chi connectivity index (χ3v) is 6.92. The second-order valence-electron chi connectivity index (χ2n) is 8.10. The molecule has 35 heavy (non-hydrogen) atoms. The third kappa shape index (κ3) is 4.52. The van der Waals surface area contributed by atoms with E-state index in [9.17, 15) is 10.1 Å². The Labute approximate surface area is 206 Å². The van der Waals surface area contributed by atoms with Crippen molar-refractivity contribution in [3.63, 3.8) is 0 Å². The molecule has 10 nitrogen and oxygen atoms in total. The Balaban J connectivity index is 1.19. The predicted octanol–water partition coefficient (Wildman–Crippen LogP) is 3.35. The monoisotopic (exact) mass is 489 g/mol. The van der Waals surface area contributed by atoms with Crippen LogP contribution in [0.2, 0.25) is 0 Å². The van der Waals surface area contributed by atoms with Crippen molar-refractivity contribution in [2.24, 2.45) is 7.05 Å². The van der Waals surface area contributed by atoms with Gasteiger partial charge in [-0.2, -0.15) is 10.2 Å². The first-order valence-electron chi connectivity index (χ1n) is 11.1. The van der Waals surface area contributed by atoms with Crippen LogP contribution in [0.25, 0.3) is 23.0 Å². The van der Waals surface area contributed by atoms with Crippen molar-refractivity contribution >= 4 is 23.6 Å². The number of carbonyl (C=O) groups is 1. The maximum atomic E-state index is 12.9. The van der Waals surface area contributed by atoms with Gasteiger partial charge in [0, 0.05) is 38.8 Å². The highest BCUT2D eigenvalue weighted by Crippen LogP contribution is 2.29. The summed E-state index contributed by atoms with van der Waals surface area (Å²) in [6.07, 6.45) is 1.53. The van der Waals surface area contributed by atoms with Crippen LogP contribution >= 0.6 is 11.8 Å². The van der Waals surface area contributed by atoms with Crippen molar-refractivity contribution in [3.8, 4) is 29.1 Å². The first-order chi connectivity index (χ1) is 17.0. The molecule has 1 aliphatic rings. The number of rotatable bonds is 6. The van der Waals surface area contributed by atoms with Crippen LogP contribution in [-0.2, 0) is 11.8 Å². The van der Waals surface area contributed by atoms with Gasteiger partial charge >= 0.3 is 0 Å². The Hall–Kier alpha value is -4.04. The van der Waals surface area contributed by atoms with E-state index < -0.39 is 0 Å². The van der Waals surface area contributed by atoms with Crippen LogP contribution in [0.5, 0.6) is 0 Å². The standard InChI is InChI=1S/C24H23N7O3S/c1-16-6-3-4-7-17(16)21-27-28-24(29(21)2)35-15-20(32)30-9-11-31(12-10-30)23-18(14-25)26-22(34-23)19-8-5-13-33-19/h3-8,13H,9-12,15H2,1-2H3. The second kappa shape index (κ2) is 9.68. The molecule has 1 aliphatic heterocycles. The lowest BCUT2D eigenvalue weighted by molar-refractivity contribution is -0.128. The van der Waals surface area contributed by atoms with Crippen molar-refractivity contribution < 1.29 is 13.6 Å². The highest BCUT2D eigenvalue weighted by atomic mass is 32.2. The largest absolute Gasteiger partial charge is 0.459 e. The summed E-state index contributed by atoms with van der Waals surface area (Å²) in [4.78, 5) is 20.9. The molecule has 4 aromatic rings. The first-order valence-corrected chi connectivity index (χ1v) is 12.1. The van der Waals surface area contributed by atoms with Crippen molar-refractivity contribution in [3.05, 3.63) is 53.9 Å². The van der Waals surface area contributed by atoms with Crippen LogP contribution in [-0.4, -0.2) is 62.5 Å². The quantitative estimate of drug-likeness (QED) is 0.376. The molecule has 11 heteroatoms. The number of benzene rings is 1. The first kappa shape index (κ1) is 22.7. The average Bonchev–Trinajstić information content (AvgIpc) is 3.63. The number of thioether (sulfide) groups is 1. The Morgan fingerprint density at radius 1 is 1.14 bits per heavy atom. The molecule has 0 radical (unpaired) electrons. The Kier molecular flexibility index (Phi) is 6.29. The molecular formula is C24H23N7O3S. The molecule has 1 amide bonds. The summed E-state index contributed by atoms with van der Waals surface area (Å²) in [5, 5.41) is 18.8. The van der Waals surface area contributed by atoms with Gasteiger partial charge in [-0.1, -0.05) is 36.0 Å². The van der Waals surface area contributed by atoms with Crippen LogP contribution in [0, 0.1) is 18.3 Å². The molecule has 0 unspecified atom stereocenters. The molecule has 178 valence electrons. The van der Waals surface area contributed by atoms with Gasteiger partial charge in [-0.25, -0.2) is 0 Å². The van der Waals surface area contributed by atoms with Gasteiger partial charge in [0.2, 0.25) is 17.5 Å². The zero-order chi connectivity index (χ0) is 24.4. The summed E-state index contributed by atoms with van der Waals surface area (Å²) in [5.74, 6) is 2.22. The highest BCUT2D eigenvalue weighted by Gasteiger charge is 2.27. The summed E-state index contributed by atoms with van der Waals surface area (Å²) < 4.78 is 13.1. The molecule has 1 aromatic carbocycles. The number of nitrogens with zero attached hydrogens (tertiary/aromatic N) is 7. The van der Waals surface area contributed by atoms with Crippen LogP contribution in [0.15, 0.2) is 56.7 Å². The minimum atomic E-state index is 0.0319. The molecule has 0 atom stereocenters.